The zero-order valence-electron chi connectivity index (χ0n) is 11.1. The minimum Gasteiger partial charge on any atom is -0.495 e. The highest BCUT2D eigenvalue weighted by molar-refractivity contribution is 9.10. The van der Waals surface area contributed by atoms with Crippen LogP contribution in [0.4, 0.5) is 18.9 Å². The standard InChI is InChI=1S/C14H17BrF3NO/c1-20-13-7-4-10(15)8-12(13)19-11-5-2-9(3-6-11)14(16,17)18/h4,7-9,11,19H,2-3,5-6H2,1H3. The maximum atomic E-state index is 12.6. The van der Waals surface area contributed by atoms with Gasteiger partial charge in [0.25, 0.3) is 0 Å². The lowest BCUT2D eigenvalue weighted by Crippen LogP contribution is -2.32. The van der Waals surface area contributed by atoms with Gasteiger partial charge in [-0.1, -0.05) is 15.9 Å². The van der Waals surface area contributed by atoms with Crippen LogP contribution < -0.4 is 10.1 Å². The second-order valence-corrected chi connectivity index (χ2v) is 5.99. The van der Waals surface area contributed by atoms with Gasteiger partial charge in [-0.15, -0.1) is 0 Å². The van der Waals surface area contributed by atoms with Gasteiger partial charge in [-0.3, -0.25) is 0 Å². The lowest BCUT2D eigenvalue weighted by atomic mass is 9.85. The second kappa shape index (κ2) is 6.24. The Morgan fingerprint density at radius 3 is 2.40 bits per heavy atom. The number of rotatable bonds is 3. The number of hydrogen-bond donors (Lipinski definition) is 1. The maximum absolute atomic E-state index is 12.6. The lowest BCUT2D eigenvalue weighted by Gasteiger charge is -2.31. The Kier molecular flexibility index (Phi) is 4.83. The molecule has 0 aromatic heterocycles. The van der Waals surface area contributed by atoms with Gasteiger partial charge < -0.3 is 10.1 Å². The first-order valence-corrected chi connectivity index (χ1v) is 7.36. The first-order chi connectivity index (χ1) is 9.40. The highest BCUT2D eigenvalue weighted by Crippen LogP contribution is 2.39. The van der Waals surface area contributed by atoms with Crippen LogP contribution >= 0.6 is 15.9 Å². The number of ether oxygens (including phenoxy) is 1. The van der Waals surface area contributed by atoms with Crippen LogP contribution in [0.3, 0.4) is 0 Å². The minimum atomic E-state index is -4.06. The van der Waals surface area contributed by atoms with Crippen LogP contribution in [0.5, 0.6) is 5.75 Å². The Bertz CT molecular complexity index is 456. The number of anilines is 1. The monoisotopic (exact) mass is 351 g/mol. The molecule has 0 heterocycles. The summed E-state index contributed by atoms with van der Waals surface area (Å²) in [6.07, 6.45) is -2.62. The van der Waals surface area contributed by atoms with Crippen molar-refractivity contribution in [3.05, 3.63) is 22.7 Å². The molecule has 6 heteroatoms. The van der Waals surface area contributed by atoms with Crippen LogP contribution in [0.1, 0.15) is 25.7 Å². The molecule has 0 unspecified atom stereocenters. The SMILES string of the molecule is COc1ccc(Br)cc1NC1CCC(C(F)(F)F)CC1. The Morgan fingerprint density at radius 1 is 1.20 bits per heavy atom. The zero-order valence-corrected chi connectivity index (χ0v) is 12.7. The van der Waals surface area contributed by atoms with Crippen molar-refractivity contribution in [2.45, 2.75) is 37.9 Å². The van der Waals surface area contributed by atoms with E-state index < -0.39 is 12.1 Å². The van der Waals surface area contributed by atoms with Gasteiger partial charge in [-0.2, -0.15) is 13.2 Å². The summed E-state index contributed by atoms with van der Waals surface area (Å²) in [5.41, 5.74) is 0.817. The van der Waals surface area contributed by atoms with E-state index in [9.17, 15) is 13.2 Å². The summed E-state index contributed by atoms with van der Waals surface area (Å²) in [4.78, 5) is 0. The van der Waals surface area contributed by atoms with E-state index in [1.807, 2.05) is 18.2 Å². The summed E-state index contributed by atoms with van der Waals surface area (Å²) in [6.45, 7) is 0. The third-order valence-corrected chi connectivity index (χ3v) is 4.20. The van der Waals surface area contributed by atoms with E-state index in [0.29, 0.717) is 18.6 Å². The van der Waals surface area contributed by atoms with Crippen LogP contribution in [0, 0.1) is 5.92 Å². The molecule has 0 spiro atoms. The topological polar surface area (TPSA) is 21.3 Å². The Labute approximate surface area is 124 Å². The average molecular weight is 352 g/mol. The Hall–Kier alpha value is -0.910. The normalized spacial score (nSPS) is 23.4. The van der Waals surface area contributed by atoms with Crippen molar-refractivity contribution in [1.29, 1.82) is 0 Å². The van der Waals surface area contributed by atoms with Crippen molar-refractivity contribution in [3.8, 4) is 5.75 Å². The fourth-order valence-corrected chi connectivity index (χ4v) is 2.94. The minimum absolute atomic E-state index is 0.0665. The zero-order chi connectivity index (χ0) is 14.8. The Balaban J connectivity index is 1.97. The van der Waals surface area contributed by atoms with Crippen molar-refractivity contribution in [2.75, 3.05) is 12.4 Å². The smallest absolute Gasteiger partial charge is 0.391 e. The summed E-state index contributed by atoms with van der Waals surface area (Å²) >= 11 is 3.38. The molecule has 20 heavy (non-hydrogen) atoms. The van der Waals surface area contributed by atoms with Crippen LogP contribution in [-0.4, -0.2) is 19.3 Å². The van der Waals surface area contributed by atoms with E-state index >= 15 is 0 Å². The quantitative estimate of drug-likeness (QED) is 0.828. The molecule has 1 aliphatic carbocycles. The first-order valence-electron chi connectivity index (χ1n) is 6.57. The molecule has 2 nitrogen and oxygen atoms in total. The van der Waals surface area contributed by atoms with E-state index in [1.54, 1.807) is 7.11 Å². The van der Waals surface area contributed by atoms with Gasteiger partial charge in [0.05, 0.1) is 18.7 Å². The molecule has 1 N–H and O–H groups in total. The molecule has 0 bridgehead atoms. The fourth-order valence-electron chi connectivity index (χ4n) is 2.58. The summed E-state index contributed by atoms with van der Waals surface area (Å²) < 4.78 is 44.0. The molecule has 0 saturated heterocycles. The van der Waals surface area contributed by atoms with Crippen LogP contribution in [0.15, 0.2) is 22.7 Å². The van der Waals surface area contributed by atoms with Crippen molar-refractivity contribution in [3.63, 3.8) is 0 Å². The van der Waals surface area contributed by atoms with E-state index in [0.717, 1.165) is 10.2 Å². The molecule has 1 aliphatic rings. The van der Waals surface area contributed by atoms with Gasteiger partial charge in [-0.05, 0) is 43.9 Å². The molecular weight excluding hydrogens is 335 g/mol. The third kappa shape index (κ3) is 3.81. The van der Waals surface area contributed by atoms with Gasteiger partial charge in [0.2, 0.25) is 0 Å². The first kappa shape index (κ1) is 15.5. The van der Waals surface area contributed by atoms with Gasteiger partial charge in [0.15, 0.2) is 0 Å². The van der Waals surface area contributed by atoms with Crippen molar-refractivity contribution < 1.29 is 17.9 Å². The summed E-state index contributed by atoms with van der Waals surface area (Å²) in [7, 11) is 1.58. The summed E-state index contributed by atoms with van der Waals surface area (Å²) in [6, 6.07) is 5.64. The van der Waals surface area contributed by atoms with Crippen LogP contribution in [-0.2, 0) is 0 Å². The summed E-state index contributed by atoms with van der Waals surface area (Å²) in [5, 5.41) is 3.29. The van der Waals surface area contributed by atoms with Gasteiger partial charge in [-0.25, -0.2) is 0 Å². The molecular formula is C14H17BrF3NO. The molecule has 1 fully saturated rings. The predicted molar refractivity (Wildman–Crippen MR) is 76.1 cm³/mol. The predicted octanol–water partition coefficient (Wildman–Crippen LogP) is 4.99. The molecule has 112 valence electrons. The van der Waals surface area contributed by atoms with Crippen LogP contribution in [0.2, 0.25) is 0 Å². The highest BCUT2D eigenvalue weighted by atomic mass is 79.9. The van der Waals surface area contributed by atoms with E-state index in [1.165, 1.54) is 0 Å². The van der Waals surface area contributed by atoms with E-state index in [4.69, 9.17) is 4.74 Å². The molecule has 0 aliphatic heterocycles. The van der Waals surface area contributed by atoms with Gasteiger partial charge in [0, 0.05) is 10.5 Å². The van der Waals surface area contributed by atoms with Crippen molar-refractivity contribution >= 4 is 21.6 Å². The van der Waals surface area contributed by atoms with Crippen molar-refractivity contribution in [1.82, 2.24) is 0 Å². The summed E-state index contributed by atoms with van der Waals surface area (Å²) in [5.74, 6) is -0.448. The number of alkyl halides is 3. The average Bonchev–Trinajstić information content (AvgIpc) is 2.38. The number of nitrogens with one attached hydrogen (secondary N) is 1. The molecule has 0 amide bonds. The molecule has 0 radical (unpaired) electrons. The van der Waals surface area contributed by atoms with Crippen molar-refractivity contribution in [2.24, 2.45) is 5.92 Å². The van der Waals surface area contributed by atoms with Gasteiger partial charge in [0.1, 0.15) is 5.75 Å². The number of methoxy groups -OCH3 is 1. The van der Waals surface area contributed by atoms with E-state index in [-0.39, 0.29) is 18.9 Å². The fraction of sp³-hybridized carbons (Fsp3) is 0.571. The number of halogens is 4. The van der Waals surface area contributed by atoms with E-state index in [2.05, 4.69) is 21.2 Å². The Morgan fingerprint density at radius 2 is 1.85 bits per heavy atom. The van der Waals surface area contributed by atoms with Gasteiger partial charge >= 0.3 is 6.18 Å². The molecule has 1 aromatic carbocycles. The number of hydrogen-bond acceptors (Lipinski definition) is 2. The molecule has 1 aromatic rings. The maximum Gasteiger partial charge on any atom is 0.391 e. The third-order valence-electron chi connectivity index (χ3n) is 3.71. The second-order valence-electron chi connectivity index (χ2n) is 5.08. The number of benzene rings is 1. The lowest BCUT2D eigenvalue weighted by molar-refractivity contribution is -0.182. The highest BCUT2D eigenvalue weighted by Gasteiger charge is 2.41. The molecule has 0 atom stereocenters. The van der Waals surface area contributed by atoms with Crippen LogP contribution in [0.25, 0.3) is 0 Å². The molecule has 2 rings (SSSR count). The molecule has 1 saturated carbocycles. The largest absolute Gasteiger partial charge is 0.495 e.